The van der Waals surface area contributed by atoms with Gasteiger partial charge in [0.2, 0.25) is 5.96 Å². The third kappa shape index (κ3) is 6.21. The van der Waals surface area contributed by atoms with Gasteiger partial charge in [-0.15, -0.1) is 0 Å². The van der Waals surface area contributed by atoms with Gasteiger partial charge < -0.3 is 10.4 Å². The molecule has 1 aliphatic rings. The largest absolute Gasteiger partial charge is 0.416 e. The van der Waals surface area contributed by atoms with Crippen LogP contribution < -0.4 is 10.6 Å². The fourth-order valence-corrected chi connectivity index (χ4v) is 3.28. The fraction of sp³-hybridized carbons (Fsp3) is 0.333. The Kier molecular flexibility index (Phi) is 6.99. The zero-order chi connectivity index (χ0) is 21.7. The average molecular weight is 440 g/mol. The van der Waals surface area contributed by atoms with E-state index in [2.05, 4.69) is 15.6 Å². The van der Waals surface area contributed by atoms with Crippen molar-refractivity contribution < 1.29 is 23.1 Å². The molecular weight excluding hydrogens is 419 g/mol. The molecule has 2 aromatic carbocycles. The standard InChI is InChI=1S/C21H21ClF3N3O2/c22-15-6-4-13(5-7-15)19(30)28-20(26-16-8-10-18(29)11-9-16)27-17-3-1-2-14(12-17)21(23,24)25/h1-7,12,16,18,29H,8-11H2,(H2,26,27,28,30). The summed E-state index contributed by atoms with van der Waals surface area (Å²) in [6.07, 6.45) is -2.47. The summed E-state index contributed by atoms with van der Waals surface area (Å²) in [6.45, 7) is 0. The molecule has 2 aromatic rings. The Morgan fingerprint density at radius 1 is 1.07 bits per heavy atom. The molecule has 0 bridgehead atoms. The highest BCUT2D eigenvalue weighted by Crippen LogP contribution is 2.30. The summed E-state index contributed by atoms with van der Waals surface area (Å²) in [4.78, 5) is 17.1. The number of nitrogens with one attached hydrogen (secondary N) is 2. The van der Waals surface area contributed by atoms with Crippen molar-refractivity contribution in [3.05, 3.63) is 64.7 Å². The van der Waals surface area contributed by atoms with Crippen LogP contribution in [0, 0.1) is 0 Å². The molecule has 0 aliphatic heterocycles. The summed E-state index contributed by atoms with van der Waals surface area (Å²) in [5.74, 6) is -0.420. The molecule has 1 fully saturated rings. The number of rotatable bonds is 3. The topological polar surface area (TPSA) is 73.7 Å². The van der Waals surface area contributed by atoms with E-state index in [0.717, 1.165) is 12.1 Å². The van der Waals surface area contributed by atoms with Crippen LogP contribution in [0.15, 0.2) is 53.5 Å². The van der Waals surface area contributed by atoms with Crippen LogP contribution in [0.25, 0.3) is 0 Å². The second kappa shape index (κ2) is 9.49. The molecule has 30 heavy (non-hydrogen) atoms. The highest BCUT2D eigenvalue weighted by atomic mass is 35.5. The van der Waals surface area contributed by atoms with Gasteiger partial charge >= 0.3 is 6.18 Å². The number of aliphatic imine (C=N–C) groups is 1. The first kappa shape index (κ1) is 22.1. The minimum Gasteiger partial charge on any atom is -0.393 e. The summed E-state index contributed by atoms with van der Waals surface area (Å²) in [5, 5.41) is 15.6. The second-order valence-corrected chi connectivity index (χ2v) is 7.54. The highest BCUT2D eigenvalue weighted by Gasteiger charge is 2.30. The molecule has 1 aliphatic carbocycles. The molecule has 160 valence electrons. The number of carbonyl (C=O) groups is 1. The van der Waals surface area contributed by atoms with Gasteiger partial charge in [0.15, 0.2) is 0 Å². The number of hydrogen-bond donors (Lipinski definition) is 3. The van der Waals surface area contributed by atoms with Crippen LogP contribution in [0.4, 0.5) is 18.9 Å². The lowest BCUT2D eigenvalue weighted by molar-refractivity contribution is -0.137. The van der Waals surface area contributed by atoms with E-state index in [9.17, 15) is 23.1 Å². The van der Waals surface area contributed by atoms with Crippen LogP contribution >= 0.6 is 11.6 Å². The summed E-state index contributed by atoms with van der Waals surface area (Å²) in [7, 11) is 0. The van der Waals surface area contributed by atoms with Gasteiger partial charge in [0, 0.05) is 16.3 Å². The molecule has 0 unspecified atom stereocenters. The average Bonchev–Trinajstić information content (AvgIpc) is 2.70. The van der Waals surface area contributed by atoms with Gasteiger partial charge in [-0.25, -0.2) is 4.99 Å². The predicted molar refractivity (Wildman–Crippen MR) is 110 cm³/mol. The maximum Gasteiger partial charge on any atom is 0.416 e. The minimum absolute atomic E-state index is 0.0515. The smallest absolute Gasteiger partial charge is 0.393 e. The van der Waals surface area contributed by atoms with E-state index in [0.29, 0.717) is 36.3 Å². The van der Waals surface area contributed by atoms with Crippen molar-refractivity contribution in [3.8, 4) is 0 Å². The highest BCUT2D eigenvalue weighted by molar-refractivity contribution is 6.30. The molecule has 0 heterocycles. The Labute approximate surface area is 177 Å². The molecule has 1 saturated carbocycles. The molecule has 3 rings (SSSR count). The third-order valence-corrected chi connectivity index (χ3v) is 5.02. The maximum absolute atomic E-state index is 13.0. The van der Waals surface area contributed by atoms with Gasteiger partial charge in [-0.05, 0) is 68.1 Å². The number of guanidine groups is 1. The second-order valence-electron chi connectivity index (χ2n) is 7.10. The molecule has 9 heteroatoms. The number of halogens is 4. The van der Waals surface area contributed by atoms with Gasteiger partial charge in [-0.3, -0.25) is 10.1 Å². The van der Waals surface area contributed by atoms with Gasteiger partial charge in [0.1, 0.15) is 0 Å². The van der Waals surface area contributed by atoms with Crippen molar-refractivity contribution in [2.24, 2.45) is 4.99 Å². The summed E-state index contributed by atoms with van der Waals surface area (Å²) in [5.41, 5.74) is -0.329. The lowest BCUT2D eigenvalue weighted by atomic mass is 9.94. The first-order valence-electron chi connectivity index (χ1n) is 9.48. The number of anilines is 1. The Morgan fingerprint density at radius 3 is 2.37 bits per heavy atom. The minimum atomic E-state index is -4.49. The molecule has 0 aromatic heterocycles. The van der Waals surface area contributed by atoms with E-state index in [-0.39, 0.29) is 23.8 Å². The van der Waals surface area contributed by atoms with Crippen molar-refractivity contribution in [1.82, 2.24) is 5.32 Å². The summed E-state index contributed by atoms with van der Waals surface area (Å²) < 4.78 is 39.0. The zero-order valence-electron chi connectivity index (χ0n) is 15.9. The quantitative estimate of drug-likeness (QED) is 0.472. The first-order valence-corrected chi connectivity index (χ1v) is 9.85. The van der Waals surface area contributed by atoms with E-state index in [1.165, 1.54) is 24.3 Å². The number of aliphatic hydroxyl groups excluding tert-OH is 1. The van der Waals surface area contributed by atoms with Gasteiger partial charge in [-0.2, -0.15) is 13.2 Å². The van der Waals surface area contributed by atoms with Gasteiger partial charge in [-0.1, -0.05) is 17.7 Å². The molecule has 5 nitrogen and oxygen atoms in total. The van der Waals surface area contributed by atoms with Crippen LogP contribution in [0.5, 0.6) is 0 Å². The van der Waals surface area contributed by atoms with E-state index in [4.69, 9.17) is 11.6 Å². The van der Waals surface area contributed by atoms with Gasteiger partial charge in [0.05, 0.1) is 17.7 Å². The molecule has 1 amide bonds. The van der Waals surface area contributed by atoms with Crippen LogP contribution in [0.2, 0.25) is 5.02 Å². The molecule has 0 saturated heterocycles. The lowest BCUT2D eigenvalue weighted by Gasteiger charge is -2.23. The number of alkyl halides is 3. The van der Waals surface area contributed by atoms with Crippen LogP contribution in [-0.4, -0.2) is 29.1 Å². The molecule has 3 N–H and O–H groups in total. The van der Waals surface area contributed by atoms with E-state index in [1.54, 1.807) is 12.1 Å². The lowest BCUT2D eigenvalue weighted by Crippen LogP contribution is -2.37. The number of carbonyl (C=O) groups excluding carboxylic acids is 1. The Bertz CT molecular complexity index is 908. The maximum atomic E-state index is 13.0. The summed E-state index contributed by atoms with van der Waals surface area (Å²) >= 11 is 5.84. The Hall–Kier alpha value is -2.58. The monoisotopic (exact) mass is 439 g/mol. The van der Waals surface area contributed by atoms with Crippen molar-refractivity contribution in [3.63, 3.8) is 0 Å². The van der Waals surface area contributed by atoms with Crippen LogP contribution in [0.1, 0.15) is 41.6 Å². The predicted octanol–water partition coefficient (Wildman–Crippen LogP) is 4.86. The molecular formula is C21H21ClF3N3O2. The van der Waals surface area contributed by atoms with E-state index < -0.39 is 17.6 Å². The summed E-state index contributed by atoms with van der Waals surface area (Å²) in [6, 6.07) is 10.7. The number of amides is 1. The Balaban J connectivity index is 1.82. The zero-order valence-corrected chi connectivity index (χ0v) is 16.7. The van der Waals surface area contributed by atoms with E-state index >= 15 is 0 Å². The van der Waals surface area contributed by atoms with Crippen molar-refractivity contribution in [2.75, 3.05) is 5.32 Å². The molecule has 0 radical (unpaired) electrons. The number of nitrogens with zero attached hydrogens (tertiary/aromatic N) is 1. The SMILES string of the molecule is O=C(NC(=NC1CCC(O)CC1)Nc1cccc(C(F)(F)F)c1)c1ccc(Cl)cc1. The number of hydrogen-bond acceptors (Lipinski definition) is 3. The number of benzene rings is 2. The molecule has 0 atom stereocenters. The van der Waals surface area contributed by atoms with Crippen LogP contribution in [-0.2, 0) is 6.18 Å². The van der Waals surface area contributed by atoms with Crippen molar-refractivity contribution in [2.45, 2.75) is 44.0 Å². The number of aliphatic hydroxyl groups is 1. The van der Waals surface area contributed by atoms with Crippen molar-refractivity contribution in [1.29, 1.82) is 0 Å². The Morgan fingerprint density at radius 2 is 1.73 bits per heavy atom. The van der Waals surface area contributed by atoms with E-state index in [1.807, 2.05) is 0 Å². The first-order chi connectivity index (χ1) is 14.2. The third-order valence-electron chi connectivity index (χ3n) is 4.77. The fourth-order valence-electron chi connectivity index (χ4n) is 3.16. The van der Waals surface area contributed by atoms with Gasteiger partial charge in [0.25, 0.3) is 5.91 Å². The molecule has 0 spiro atoms. The normalized spacial score (nSPS) is 20.0. The van der Waals surface area contributed by atoms with Crippen molar-refractivity contribution >= 4 is 29.2 Å². The van der Waals surface area contributed by atoms with Crippen LogP contribution in [0.3, 0.4) is 0 Å².